The summed E-state index contributed by atoms with van der Waals surface area (Å²) in [5.41, 5.74) is 20.9. The van der Waals surface area contributed by atoms with E-state index in [2.05, 4.69) is 157 Å². The van der Waals surface area contributed by atoms with Gasteiger partial charge in [-0.25, -0.2) is 8.78 Å². The van der Waals surface area contributed by atoms with E-state index >= 15 is 8.78 Å². The van der Waals surface area contributed by atoms with Gasteiger partial charge < -0.3 is 30.6 Å². The molecule has 2 N–H and O–H groups in total. The molecule has 0 unspecified atom stereocenters. The number of halogens is 2. The van der Waals surface area contributed by atoms with Crippen molar-refractivity contribution in [1.29, 1.82) is 0 Å². The Morgan fingerprint density at radius 1 is 0.289 bits per heavy atom. The first-order valence-electron chi connectivity index (χ1n) is 30.5. The van der Waals surface area contributed by atoms with Gasteiger partial charge >= 0.3 is 103 Å². The first-order chi connectivity index (χ1) is 46.1. The van der Waals surface area contributed by atoms with Gasteiger partial charge in [-0.2, -0.15) is 0 Å². The van der Waals surface area contributed by atoms with Crippen molar-refractivity contribution in [3.05, 3.63) is 327 Å². The number of aromatic hydroxyl groups is 2. The fourth-order valence-corrected chi connectivity index (χ4v) is 12.3. The molecule has 0 bridgehead atoms. The second-order valence-electron chi connectivity index (χ2n) is 22.7. The summed E-state index contributed by atoms with van der Waals surface area (Å²) in [4.78, 5) is 11.2. The third kappa shape index (κ3) is 15.0. The second kappa shape index (κ2) is 31.4. The van der Waals surface area contributed by atoms with E-state index in [4.69, 9.17) is 18.9 Å². The number of benzene rings is 14. The number of carbonyl (C=O) groups excluding carboxylic acids is 1. The predicted octanol–water partition coefficient (Wildman–Crippen LogP) is 16.7. The molecule has 2 aromatic heterocycles. The van der Waals surface area contributed by atoms with Gasteiger partial charge in [0.05, 0.1) is 0 Å². The first kappa shape index (κ1) is 69.2. The van der Waals surface area contributed by atoms with Crippen LogP contribution in [0.4, 0.5) is 8.78 Å². The van der Waals surface area contributed by atoms with Crippen LogP contribution in [0.15, 0.2) is 324 Å². The van der Waals surface area contributed by atoms with Gasteiger partial charge in [-0.3, -0.25) is 4.79 Å². The first-order valence-corrected chi connectivity index (χ1v) is 30.5. The molecule has 0 aliphatic heterocycles. The summed E-state index contributed by atoms with van der Waals surface area (Å²) < 4.78 is 43.5. The number of hydrogen-bond acceptors (Lipinski definition) is 7. The third-order valence-electron chi connectivity index (χ3n) is 16.9. The van der Waals surface area contributed by atoms with Crippen molar-refractivity contribution in [2.75, 3.05) is 0 Å². The zero-order chi connectivity index (χ0) is 64.1. The van der Waals surface area contributed by atoms with E-state index in [9.17, 15) is 10.2 Å². The Labute approximate surface area is 646 Å². The average molecular weight is 1320 g/mol. The molecule has 14 aromatic carbocycles. The van der Waals surface area contributed by atoms with Crippen LogP contribution in [0.3, 0.4) is 0 Å². The van der Waals surface area contributed by atoms with Gasteiger partial charge in [0.2, 0.25) is 0 Å². The summed E-state index contributed by atoms with van der Waals surface area (Å²) in [6.07, 6.45) is 0. The minimum Gasteiger partial charge on any atom is -1.00 e. The minimum atomic E-state index is -0.554. The monoisotopic (exact) mass is 1320 g/mol. The summed E-state index contributed by atoms with van der Waals surface area (Å²) in [6.45, 7) is -0.181. The number of carbonyl (C=O) groups is 1. The maximum atomic E-state index is 15.4. The van der Waals surface area contributed by atoms with Gasteiger partial charge in [0.25, 0.3) is 6.47 Å². The van der Waals surface area contributed by atoms with Gasteiger partial charge in [0, 0.05) is 55.9 Å². The minimum absolute atomic E-state index is 0. The Hall–Kier alpha value is -9.16. The molecule has 16 rings (SSSR count). The maximum absolute atomic E-state index is 15.4. The summed E-state index contributed by atoms with van der Waals surface area (Å²) in [5, 5.41) is 34.6. The Morgan fingerprint density at radius 2 is 0.546 bits per heavy atom. The van der Waals surface area contributed by atoms with Gasteiger partial charge in [-0.05, 0) is 174 Å². The molecule has 0 fully saturated rings. The van der Waals surface area contributed by atoms with Crippen LogP contribution in [-0.4, -0.2) is 16.7 Å². The largest absolute Gasteiger partial charge is 1.00 e. The van der Waals surface area contributed by atoms with E-state index in [1.165, 1.54) is 51.6 Å². The molecule has 11 heteroatoms. The Kier molecular flexibility index (Phi) is 22.4. The fraction of sp³-hybridized carbons (Fsp3) is 0.0116. The van der Waals surface area contributed by atoms with E-state index < -0.39 is 11.6 Å². The molecular formula is C86H60F2K2O7. The van der Waals surface area contributed by atoms with Crippen molar-refractivity contribution >= 4 is 50.3 Å². The number of fused-ring (bicyclic) bond motifs is 6. The van der Waals surface area contributed by atoms with Gasteiger partial charge in [-0.1, -0.05) is 226 Å². The molecule has 7 nitrogen and oxygen atoms in total. The maximum Gasteiger partial charge on any atom is 1.00 e. The summed E-state index contributed by atoms with van der Waals surface area (Å²) in [7, 11) is 0. The van der Waals surface area contributed by atoms with Crippen molar-refractivity contribution in [2.24, 2.45) is 0 Å². The van der Waals surface area contributed by atoms with Crippen LogP contribution in [0.5, 0.6) is 11.5 Å². The van der Waals surface area contributed by atoms with Crippen molar-refractivity contribution in [1.82, 2.24) is 0 Å². The Balaban J connectivity index is 0.000000194. The standard InChI is InChI=1S/C42H28F2O2.C42H26O2.CH2O3.CH4.2K.H/c43-39-19-17-33(31-15-7-13-29(21-31)27-9-3-1-4-10-27)23-35(39)37-25-38(42(46)26-41(37)45)36-24-34(18-20-40(36)44)32-16-8-14-30(22-32)28-11-5-2-6-12-28;1-3-9-27(10-4-1)29-13-7-15-31(21-29)33-17-19-39-35(23-33)37-25-38-36-24-34(18-20-40(36)44-42(38)26-41(37)43-39)32-16-8-14-30(22-32)28-11-5-2-6-12-28;2-1-4-3;;;;/h1-26,45-46H;1-26H;1,3H;1H4;;;/q;;;;2*+1;-1/p-1. The van der Waals surface area contributed by atoms with Crippen LogP contribution < -0.4 is 108 Å². The summed E-state index contributed by atoms with van der Waals surface area (Å²) in [6, 6.07) is 103. The molecule has 0 amide bonds. The molecule has 97 heavy (non-hydrogen) atoms. The number of hydrogen-bond donors (Lipinski definition) is 2. The number of phenols is 2. The summed E-state index contributed by atoms with van der Waals surface area (Å²) in [5.74, 6) is -1.74. The number of rotatable bonds is 11. The molecule has 0 radical (unpaired) electrons. The SMILES string of the molecule is C.O=CO[O-].Oc1cc(O)c(-c2cc(-c3cccc(-c4ccccc4)c3)ccc2F)cc1-c1cc(-c2cccc(-c3ccccc3)c2)ccc1F.[H-].[K+].[K+].c1ccc(-c2cccc(-c3ccc4oc5cc6oc7ccc(-c8cccc(-c9ccccc9)c8)cc7c6cc5c4c3)c2)cc1. The molecule has 0 spiro atoms. The fourth-order valence-electron chi connectivity index (χ4n) is 12.3. The van der Waals surface area contributed by atoms with Crippen molar-refractivity contribution in [3.8, 4) is 123 Å². The smallest absolute Gasteiger partial charge is 1.00 e. The van der Waals surface area contributed by atoms with E-state index in [-0.39, 0.29) is 152 Å². The molecular weight excluding hydrogens is 1260 g/mol. The van der Waals surface area contributed by atoms with E-state index in [1.807, 2.05) is 115 Å². The number of phenolic OH excluding ortho intramolecular Hbond substituents is 2. The van der Waals surface area contributed by atoms with Crippen LogP contribution in [0, 0.1) is 11.6 Å². The van der Waals surface area contributed by atoms with Crippen LogP contribution >= 0.6 is 0 Å². The molecule has 0 atom stereocenters. The topological polar surface area (TPSA) is 116 Å². The average Bonchev–Trinajstić information content (AvgIpc) is 1.61. The molecule has 2 heterocycles. The van der Waals surface area contributed by atoms with Crippen molar-refractivity contribution in [2.45, 2.75) is 7.43 Å². The second-order valence-corrected chi connectivity index (χ2v) is 22.7. The van der Waals surface area contributed by atoms with Gasteiger partial charge in [0.1, 0.15) is 45.5 Å². The number of furan rings is 2. The molecule has 16 aromatic rings. The van der Waals surface area contributed by atoms with Crippen molar-refractivity contribution < 1.29 is 147 Å². The molecule has 462 valence electrons. The van der Waals surface area contributed by atoms with Crippen LogP contribution in [0.2, 0.25) is 0 Å². The van der Waals surface area contributed by atoms with E-state index in [0.717, 1.165) is 106 Å². The quantitative estimate of drug-likeness (QED) is 0.0573. The third-order valence-corrected chi connectivity index (χ3v) is 16.9. The molecule has 0 saturated heterocycles. The molecule has 0 aliphatic rings. The van der Waals surface area contributed by atoms with Crippen LogP contribution in [-0.2, 0) is 9.68 Å². The zero-order valence-corrected chi connectivity index (χ0v) is 58.5. The van der Waals surface area contributed by atoms with E-state index in [0.29, 0.717) is 0 Å². The predicted molar refractivity (Wildman–Crippen MR) is 380 cm³/mol. The Bertz CT molecular complexity index is 5130. The summed E-state index contributed by atoms with van der Waals surface area (Å²) >= 11 is 0. The molecule has 0 aliphatic carbocycles. The van der Waals surface area contributed by atoms with Gasteiger partial charge in [0.15, 0.2) is 0 Å². The van der Waals surface area contributed by atoms with Crippen molar-refractivity contribution in [3.63, 3.8) is 0 Å². The normalized spacial score (nSPS) is 10.7. The zero-order valence-electron chi connectivity index (χ0n) is 53.3. The van der Waals surface area contributed by atoms with Crippen LogP contribution in [0.1, 0.15) is 8.85 Å². The van der Waals surface area contributed by atoms with Crippen LogP contribution in [0.25, 0.3) is 155 Å². The van der Waals surface area contributed by atoms with E-state index in [1.54, 1.807) is 24.3 Å². The Morgan fingerprint density at radius 3 is 0.856 bits per heavy atom. The molecule has 0 saturated carbocycles. The van der Waals surface area contributed by atoms with Gasteiger partial charge in [-0.15, -0.1) is 0 Å².